The van der Waals surface area contributed by atoms with Crippen LogP contribution in [0.3, 0.4) is 0 Å². The number of nitrogens with zero attached hydrogens (tertiary/aromatic N) is 1. The molecule has 2 amide bonds. The maximum Gasteiger partial charge on any atom is 0.260 e. The molecule has 5 heteroatoms. The van der Waals surface area contributed by atoms with Gasteiger partial charge in [0.05, 0.1) is 5.69 Å². The highest BCUT2D eigenvalue weighted by Gasteiger charge is 2.21. The van der Waals surface area contributed by atoms with Crippen LogP contribution in [0.25, 0.3) is 0 Å². The molecule has 0 unspecified atom stereocenters. The van der Waals surface area contributed by atoms with Gasteiger partial charge in [-0.05, 0) is 30.9 Å². The minimum atomic E-state index is -0.165. The van der Waals surface area contributed by atoms with E-state index in [9.17, 15) is 9.59 Å². The summed E-state index contributed by atoms with van der Waals surface area (Å²) in [5.41, 5.74) is 0.588. The van der Waals surface area contributed by atoms with Crippen molar-refractivity contribution in [1.82, 2.24) is 4.90 Å². The van der Waals surface area contributed by atoms with Crippen molar-refractivity contribution in [2.75, 3.05) is 25.0 Å². The summed E-state index contributed by atoms with van der Waals surface area (Å²) in [6.45, 7) is 5.21. The molecule has 1 saturated heterocycles. The van der Waals surface area contributed by atoms with Gasteiger partial charge in [0.2, 0.25) is 5.91 Å². The summed E-state index contributed by atoms with van der Waals surface area (Å²) in [5, 5.41) is 2.69. The Bertz CT molecular complexity index is 516. The number of hydrogen-bond donors (Lipinski definition) is 1. The lowest BCUT2D eigenvalue weighted by molar-refractivity contribution is -0.135. The molecule has 0 aliphatic carbocycles. The Morgan fingerprint density at radius 3 is 2.86 bits per heavy atom. The van der Waals surface area contributed by atoms with Crippen LogP contribution < -0.4 is 10.1 Å². The molecule has 1 aliphatic rings. The highest BCUT2D eigenvalue weighted by molar-refractivity contribution is 5.90. The van der Waals surface area contributed by atoms with Crippen LogP contribution in [0.1, 0.15) is 26.7 Å². The van der Waals surface area contributed by atoms with Crippen LogP contribution >= 0.6 is 0 Å². The minimum Gasteiger partial charge on any atom is -0.482 e. The third-order valence-corrected chi connectivity index (χ3v) is 3.56. The Morgan fingerprint density at radius 1 is 1.38 bits per heavy atom. The molecule has 1 N–H and O–H groups in total. The molecule has 1 aliphatic heterocycles. The SMILES string of the molecule is CC(=O)Nc1ccccc1OCC(=O)N1CCC[C@@H](C)C1. The Labute approximate surface area is 125 Å². The number of anilines is 1. The predicted molar refractivity (Wildman–Crippen MR) is 81.2 cm³/mol. The van der Waals surface area contributed by atoms with E-state index in [1.54, 1.807) is 12.1 Å². The van der Waals surface area contributed by atoms with Crippen molar-refractivity contribution >= 4 is 17.5 Å². The highest BCUT2D eigenvalue weighted by atomic mass is 16.5. The molecular formula is C16H22N2O3. The van der Waals surface area contributed by atoms with Crippen LogP contribution in [0, 0.1) is 5.92 Å². The third kappa shape index (κ3) is 4.48. The van der Waals surface area contributed by atoms with Crippen molar-refractivity contribution in [2.45, 2.75) is 26.7 Å². The van der Waals surface area contributed by atoms with Gasteiger partial charge in [-0.2, -0.15) is 0 Å². The summed E-state index contributed by atoms with van der Waals surface area (Å²) in [7, 11) is 0. The molecule has 0 aromatic heterocycles. The van der Waals surface area contributed by atoms with Crippen LogP contribution in [0.5, 0.6) is 5.75 Å². The van der Waals surface area contributed by atoms with Crippen molar-refractivity contribution in [3.8, 4) is 5.75 Å². The van der Waals surface area contributed by atoms with Gasteiger partial charge in [0.1, 0.15) is 5.75 Å². The molecule has 0 spiro atoms. The van der Waals surface area contributed by atoms with Crippen LogP contribution in [-0.2, 0) is 9.59 Å². The maximum atomic E-state index is 12.2. The van der Waals surface area contributed by atoms with Crippen LogP contribution in [0.2, 0.25) is 0 Å². The first-order chi connectivity index (χ1) is 10.1. The Balaban J connectivity index is 1.93. The lowest BCUT2D eigenvalue weighted by Gasteiger charge is -2.30. The summed E-state index contributed by atoms with van der Waals surface area (Å²) < 4.78 is 5.58. The summed E-state index contributed by atoms with van der Waals surface area (Å²) >= 11 is 0. The van der Waals surface area contributed by atoms with Gasteiger partial charge in [-0.25, -0.2) is 0 Å². The first kappa shape index (κ1) is 15.4. The second-order valence-electron chi connectivity index (χ2n) is 5.55. The molecule has 1 aromatic rings. The maximum absolute atomic E-state index is 12.2. The lowest BCUT2D eigenvalue weighted by Crippen LogP contribution is -2.41. The fraction of sp³-hybridized carbons (Fsp3) is 0.500. The summed E-state index contributed by atoms with van der Waals surface area (Å²) in [6, 6.07) is 7.13. The zero-order valence-corrected chi connectivity index (χ0v) is 12.6. The fourth-order valence-electron chi connectivity index (χ4n) is 2.53. The van der Waals surface area contributed by atoms with E-state index in [4.69, 9.17) is 4.74 Å². The average molecular weight is 290 g/mol. The number of para-hydroxylation sites is 2. The molecule has 0 bridgehead atoms. The topological polar surface area (TPSA) is 58.6 Å². The van der Waals surface area contributed by atoms with Crippen molar-refractivity contribution in [2.24, 2.45) is 5.92 Å². The number of carbonyl (C=O) groups is 2. The van der Waals surface area contributed by atoms with Crippen LogP contribution in [-0.4, -0.2) is 36.4 Å². The third-order valence-electron chi connectivity index (χ3n) is 3.56. The number of benzene rings is 1. The number of carbonyl (C=O) groups excluding carboxylic acids is 2. The molecule has 21 heavy (non-hydrogen) atoms. The molecule has 1 heterocycles. The predicted octanol–water partition coefficient (Wildman–Crippen LogP) is 2.28. The number of amides is 2. The van der Waals surface area contributed by atoms with E-state index in [0.717, 1.165) is 19.5 Å². The van der Waals surface area contributed by atoms with E-state index in [2.05, 4.69) is 12.2 Å². The molecule has 0 saturated carbocycles. The molecule has 114 valence electrons. The van der Waals surface area contributed by atoms with E-state index < -0.39 is 0 Å². The normalized spacial score (nSPS) is 18.2. The zero-order chi connectivity index (χ0) is 15.2. The summed E-state index contributed by atoms with van der Waals surface area (Å²) in [4.78, 5) is 25.2. The molecular weight excluding hydrogens is 268 g/mol. The second-order valence-corrected chi connectivity index (χ2v) is 5.55. The molecule has 2 rings (SSSR count). The largest absolute Gasteiger partial charge is 0.482 e. The number of hydrogen-bond acceptors (Lipinski definition) is 3. The van der Waals surface area contributed by atoms with Crippen molar-refractivity contribution in [3.63, 3.8) is 0 Å². The summed E-state index contributed by atoms with van der Waals surface area (Å²) in [5.74, 6) is 0.905. The van der Waals surface area contributed by atoms with Gasteiger partial charge < -0.3 is 15.0 Å². The Hall–Kier alpha value is -2.04. The highest BCUT2D eigenvalue weighted by Crippen LogP contribution is 2.24. The van der Waals surface area contributed by atoms with E-state index in [-0.39, 0.29) is 18.4 Å². The van der Waals surface area contributed by atoms with E-state index in [0.29, 0.717) is 17.4 Å². The van der Waals surface area contributed by atoms with Gasteiger partial charge in [-0.15, -0.1) is 0 Å². The van der Waals surface area contributed by atoms with E-state index in [1.807, 2.05) is 17.0 Å². The lowest BCUT2D eigenvalue weighted by atomic mass is 10.0. The van der Waals surface area contributed by atoms with Crippen LogP contribution in [0.15, 0.2) is 24.3 Å². The first-order valence-electron chi connectivity index (χ1n) is 7.33. The standard InChI is InChI=1S/C16H22N2O3/c1-12-6-5-9-18(10-12)16(20)11-21-15-8-4-3-7-14(15)17-13(2)19/h3-4,7-8,12H,5-6,9-11H2,1-2H3,(H,17,19)/t12-/m1/s1. The van der Waals surface area contributed by atoms with Gasteiger partial charge in [0.15, 0.2) is 6.61 Å². The Kier molecular flexibility index (Phi) is 5.20. The molecule has 0 radical (unpaired) electrons. The number of nitrogens with one attached hydrogen (secondary N) is 1. The van der Waals surface area contributed by atoms with E-state index >= 15 is 0 Å². The Morgan fingerprint density at radius 2 is 2.14 bits per heavy atom. The molecule has 1 fully saturated rings. The van der Waals surface area contributed by atoms with Gasteiger partial charge >= 0.3 is 0 Å². The summed E-state index contributed by atoms with van der Waals surface area (Å²) in [6.07, 6.45) is 2.23. The van der Waals surface area contributed by atoms with Gasteiger partial charge in [0, 0.05) is 20.0 Å². The van der Waals surface area contributed by atoms with Gasteiger partial charge in [-0.1, -0.05) is 19.1 Å². The second kappa shape index (κ2) is 7.11. The van der Waals surface area contributed by atoms with Crippen molar-refractivity contribution in [1.29, 1.82) is 0 Å². The smallest absolute Gasteiger partial charge is 0.260 e. The van der Waals surface area contributed by atoms with E-state index in [1.165, 1.54) is 13.3 Å². The number of piperidine rings is 1. The van der Waals surface area contributed by atoms with Crippen LogP contribution in [0.4, 0.5) is 5.69 Å². The molecule has 1 atom stereocenters. The van der Waals surface area contributed by atoms with Gasteiger partial charge in [0.25, 0.3) is 5.91 Å². The number of ether oxygens (including phenoxy) is 1. The minimum absolute atomic E-state index is 0.000761. The van der Waals surface area contributed by atoms with Crippen molar-refractivity contribution in [3.05, 3.63) is 24.3 Å². The first-order valence-corrected chi connectivity index (χ1v) is 7.33. The van der Waals surface area contributed by atoms with Gasteiger partial charge in [-0.3, -0.25) is 9.59 Å². The molecule has 5 nitrogen and oxygen atoms in total. The molecule has 1 aromatic carbocycles. The monoisotopic (exact) mass is 290 g/mol. The number of rotatable bonds is 4. The zero-order valence-electron chi connectivity index (χ0n) is 12.6. The average Bonchev–Trinajstić information content (AvgIpc) is 2.45. The fourth-order valence-corrected chi connectivity index (χ4v) is 2.53. The van der Waals surface area contributed by atoms with Crippen molar-refractivity contribution < 1.29 is 14.3 Å². The quantitative estimate of drug-likeness (QED) is 0.925. The number of likely N-dealkylation sites (tertiary alicyclic amines) is 1.